The van der Waals surface area contributed by atoms with Gasteiger partial charge < -0.3 is 4.90 Å². The van der Waals surface area contributed by atoms with Crippen LogP contribution in [0.15, 0.2) is 56.3 Å². The van der Waals surface area contributed by atoms with Gasteiger partial charge in [0.2, 0.25) is 15.9 Å². The number of sulfonamides is 1. The molecule has 0 radical (unpaired) electrons. The monoisotopic (exact) mass is 526 g/mol. The third-order valence-corrected chi connectivity index (χ3v) is 8.29. The molecular formula is C20H20Br2N2O3S. The van der Waals surface area contributed by atoms with E-state index in [0.717, 1.165) is 26.6 Å². The van der Waals surface area contributed by atoms with E-state index in [0.29, 0.717) is 25.9 Å². The first-order valence-electron chi connectivity index (χ1n) is 9.22. The Morgan fingerprint density at radius 1 is 1.00 bits per heavy atom. The Labute approximate surface area is 182 Å². The van der Waals surface area contributed by atoms with E-state index in [-0.39, 0.29) is 23.3 Å². The Morgan fingerprint density at radius 3 is 2.46 bits per heavy atom. The molecule has 2 aromatic carbocycles. The molecule has 1 fully saturated rings. The minimum Gasteiger partial charge on any atom is -0.312 e. The van der Waals surface area contributed by atoms with Crippen LogP contribution in [0.5, 0.6) is 0 Å². The zero-order chi connectivity index (χ0) is 19.9. The molecule has 2 aliphatic heterocycles. The number of halogens is 2. The molecule has 4 rings (SSSR count). The van der Waals surface area contributed by atoms with Crippen molar-refractivity contribution in [3.05, 3.63) is 57.0 Å². The van der Waals surface area contributed by atoms with Crippen molar-refractivity contribution in [2.45, 2.75) is 24.2 Å². The van der Waals surface area contributed by atoms with Crippen LogP contribution >= 0.6 is 31.9 Å². The molecule has 8 heteroatoms. The van der Waals surface area contributed by atoms with E-state index in [9.17, 15) is 13.2 Å². The Kier molecular flexibility index (Phi) is 5.66. The predicted molar refractivity (Wildman–Crippen MR) is 116 cm³/mol. The van der Waals surface area contributed by atoms with Gasteiger partial charge in [0.15, 0.2) is 0 Å². The Bertz CT molecular complexity index is 1010. The number of piperidine rings is 1. The summed E-state index contributed by atoms with van der Waals surface area (Å²) in [5.74, 6) is -0.287. The number of carbonyl (C=O) groups is 1. The van der Waals surface area contributed by atoms with Gasteiger partial charge in [-0.1, -0.05) is 31.9 Å². The Balaban J connectivity index is 1.53. The fraction of sp³-hybridized carbons (Fsp3) is 0.350. The van der Waals surface area contributed by atoms with Gasteiger partial charge in [-0.3, -0.25) is 4.79 Å². The molecule has 0 aliphatic carbocycles. The highest BCUT2D eigenvalue weighted by Crippen LogP contribution is 2.33. The first-order valence-corrected chi connectivity index (χ1v) is 12.2. The van der Waals surface area contributed by atoms with Crippen molar-refractivity contribution in [2.75, 3.05) is 24.5 Å². The maximum Gasteiger partial charge on any atom is 0.243 e. The minimum absolute atomic E-state index is 0.0248. The molecule has 5 nitrogen and oxygen atoms in total. The van der Waals surface area contributed by atoms with Crippen LogP contribution in [-0.2, 0) is 21.2 Å². The molecule has 2 aromatic rings. The fourth-order valence-corrected chi connectivity index (χ4v) is 6.13. The first kappa shape index (κ1) is 20.1. The van der Waals surface area contributed by atoms with Crippen molar-refractivity contribution in [1.29, 1.82) is 0 Å². The SMILES string of the molecule is O=C(C1CCCN(S(=O)(=O)c2ccc(Br)cc2)C1)N1CCc2cc(Br)ccc21. The Morgan fingerprint density at radius 2 is 1.71 bits per heavy atom. The summed E-state index contributed by atoms with van der Waals surface area (Å²) in [4.78, 5) is 15.3. The number of anilines is 1. The summed E-state index contributed by atoms with van der Waals surface area (Å²) in [6.07, 6.45) is 2.23. The molecule has 1 unspecified atom stereocenters. The van der Waals surface area contributed by atoms with Gasteiger partial charge in [0.1, 0.15) is 0 Å². The summed E-state index contributed by atoms with van der Waals surface area (Å²) in [6.45, 7) is 1.34. The second-order valence-electron chi connectivity index (χ2n) is 7.17. The summed E-state index contributed by atoms with van der Waals surface area (Å²) < 4.78 is 29.3. The van der Waals surface area contributed by atoms with Crippen LogP contribution in [0, 0.1) is 5.92 Å². The van der Waals surface area contributed by atoms with Gasteiger partial charge in [0.25, 0.3) is 0 Å². The van der Waals surface area contributed by atoms with Gasteiger partial charge >= 0.3 is 0 Å². The first-order chi connectivity index (χ1) is 13.4. The van der Waals surface area contributed by atoms with Gasteiger partial charge in [-0.05, 0) is 67.3 Å². The lowest BCUT2D eigenvalue weighted by atomic mass is 9.98. The number of hydrogen-bond acceptors (Lipinski definition) is 3. The van der Waals surface area contributed by atoms with Crippen molar-refractivity contribution in [3.63, 3.8) is 0 Å². The average molecular weight is 528 g/mol. The number of hydrogen-bond donors (Lipinski definition) is 0. The van der Waals surface area contributed by atoms with Gasteiger partial charge in [-0.25, -0.2) is 8.42 Å². The lowest BCUT2D eigenvalue weighted by Gasteiger charge is -2.33. The molecule has 1 saturated heterocycles. The molecule has 0 aromatic heterocycles. The number of carbonyl (C=O) groups excluding carboxylic acids is 1. The number of nitrogens with zero attached hydrogens (tertiary/aromatic N) is 2. The van der Waals surface area contributed by atoms with E-state index in [1.165, 1.54) is 4.31 Å². The number of fused-ring (bicyclic) bond motifs is 1. The van der Waals surface area contributed by atoms with Gasteiger partial charge in [0.05, 0.1) is 10.8 Å². The molecule has 28 heavy (non-hydrogen) atoms. The molecule has 0 spiro atoms. The van der Waals surface area contributed by atoms with E-state index in [1.54, 1.807) is 24.3 Å². The molecule has 1 atom stereocenters. The molecule has 0 N–H and O–H groups in total. The summed E-state index contributed by atoms with van der Waals surface area (Å²) in [5.41, 5.74) is 2.10. The second-order valence-corrected chi connectivity index (χ2v) is 10.9. The topological polar surface area (TPSA) is 57.7 Å². The maximum absolute atomic E-state index is 13.2. The van der Waals surface area contributed by atoms with Crippen LogP contribution in [0.2, 0.25) is 0 Å². The summed E-state index contributed by atoms with van der Waals surface area (Å²) >= 11 is 6.81. The summed E-state index contributed by atoms with van der Waals surface area (Å²) in [5, 5.41) is 0. The Hall–Kier alpha value is -1.22. The number of amides is 1. The van der Waals surface area contributed by atoms with Crippen LogP contribution < -0.4 is 4.90 Å². The van der Waals surface area contributed by atoms with Crippen LogP contribution in [0.25, 0.3) is 0 Å². The average Bonchev–Trinajstić information content (AvgIpc) is 3.10. The largest absolute Gasteiger partial charge is 0.312 e. The molecule has 2 heterocycles. The van der Waals surface area contributed by atoms with E-state index in [1.807, 2.05) is 23.1 Å². The van der Waals surface area contributed by atoms with Gasteiger partial charge in [-0.15, -0.1) is 0 Å². The van der Waals surface area contributed by atoms with Crippen LogP contribution in [-0.4, -0.2) is 38.3 Å². The zero-order valence-corrected chi connectivity index (χ0v) is 19.1. The second kappa shape index (κ2) is 7.89. The minimum atomic E-state index is -3.60. The lowest BCUT2D eigenvalue weighted by molar-refractivity contribution is -0.123. The van der Waals surface area contributed by atoms with Crippen LogP contribution in [0.4, 0.5) is 5.69 Å². The van der Waals surface area contributed by atoms with Crippen molar-refractivity contribution in [1.82, 2.24) is 4.31 Å². The highest BCUT2D eigenvalue weighted by Gasteiger charge is 2.37. The zero-order valence-electron chi connectivity index (χ0n) is 15.1. The van der Waals surface area contributed by atoms with Crippen LogP contribution in [0.1, 0.15) is 18.4 Å². The molecule has 2 aliphatic rings. The van der Waals surface area contributed by atoms with Gasteiger partial charge in [-0.2, -0.15) is 4.31 Å². The van der Waals surface area contributed by atoms with Crippen molar-refractivity contribution >= 4 is 53.5 Å². The van der Waals surface area contributed by atoms with E-state index in [2.05, 4.69) is 31.9 Å². The summed E-state index contributed by atoms with van der Waals surface area (Å²) in [6, 6.07) is 12.6. The quantitative estimate of drug-likeness (QED) is 0.601. The van der Waals surface area contributed by atoms with Crippen molar-refractivity contribution < 1.29 is 13.2 Å². The molecule has 148 valence electrons. The number of benzene rings is 2. The van der Waals surface area contributed by atoms with E-state index >= 15 is 0 Å². The standard InChI is InChI=1S/C20H20Br2N2O3S/c21-16-3-6-18(7-4-16)28(26,27)23-10-1-2-15(13-23)20(25)24-11-9-14-12-17(22)5-8-19(14)24/h3-8,12,15H,1-2,9-11,13H2. The van der Waals surface area contributed by atoms with Crippen molar-refractivity contribution in [2.24, 2.45) is 5.92 Å². The molecule has 0 bridgehead atoms. The van der Waals surface area contributed by atoms with Crippen molar-refractivity contribution in [3.8, 4) is 0 Å². The van der Waals surface area contributed by atoms with E-state index < -0.39 is 10.0 Å². The predicted octanol–water partition coefficient (Wildman–Crippen LogP) is 4.20. The third kappa shape index (κ3) is 3.79. The normalized spacial score (nSPS) is 20.2. The van der Waals surface area contributed by atoms with Crippen LogP contribution in [0.3, 0.4) is 0 Å². The maximum atomic E-state index is 13.2. The third-order valence-electron chi connectivity index (χ3n) is 5.39. The van der Waals surface area contributed by atoms with Gasteiger partial charge in [0, 0.05) is 34.3 Å². The fourth-order valence-electron chi connectivity index (χ4n) is 3.94. The highest BCUT2D eigenvalue weighted by molar-refractivity contribution is 9.10. The summed E-state index contributed by atoms with van der Waals surface area (Å²) in [7, 11) is -3.60. The molecule has 0 saturated carbocycles. The molecule has 1 amide bonds. The lowest BCUT2D eigenvalue weighted by Crippen LogP contribution is -2.46. The molecular weight excluding hydrogens is 508 g/mol. The smallest absolute Gasteiger partial charge is 0.243 e. The van der Waals surface area contributed by atoms with E-state index in [4.69, 9.17) is 0 Å². The number of rotatable bonds is 3. The highest BCUT2D eigenvalue weighted by atomic mass is 79.9.